The normalized spacial score (nSPS) is 9.96. The lowest BCUT2D eigenvalue weighted by atomic mass is 10.2. The Morgan fingerprint density at radius 1 is 1.13 bits per heavy atom. The van der Waals surface area contributed by atoms with Gasteiger partial charge in [0.2, 0.25) is 5.91 Å². The Balaban J connectivity index is 2.17. The van der Waals surface area contributed by atoms with Crippen LogP contribution in [-0.2, 0) is 4.79 Å². The van der Waals surface area contributed by atoms with Gasteiger partial charge < -0.3 is 10.1 Å². The number of nitrogens with one attached hydrogen (secondary N) is 1. The van der Waals surface area contributed by atoms with Crippen LogP contribution in [0.3, 0.4) is 0 Å². The molecule has 0 atom stereocenters. The molecule has 2 rings (SSSR count). The number of benzene rings is 2. The smallest absolute Gasteiger partial charge is 0.343 e. The molecule has 2 aromatic carbocycles. The predicted molar refractivity (Wildman–Crippen MR) is 83.4 cm³/mol. The summed E-state index contributed by atoms with van der Waals surface area (Å²) in [6, 6.07) is 11.6. The number of esters is 1. The molecule has 0 spiro atoms. The summed E-state index contributed by atoms with van der Waals surface area (Å²) in [6.45, 7) is 1.71. The minimum absolute atomic E-state index is 0.114. The monoisotopic (exact) mass is 314 g/mol. The Labute approximate surface area is 132 Å². The zero-order valence-electron chi connectivity index (χ0n) is 12.3. The SMILES string of the molecule is CCC(=O)Nc1ccccc1OC(=O)c1ccc([N+](=O)[O-])cc1. The van der Waals surface area contributed by atoms with Crippen molar-refractivity contribution in [3.8, 4) is 5.75 Å². The Morgan fingerprint density at radius 3 is 2.39 bits per heavy atom. The fourth-order valence-electron chi connectivity index (χ4n) is 1.78. The van der Waals surface area contributed by atoms with Crippen LogP contribution in [0.25, 0.3) is 0 Å². The van der Waals surface area contributed by atoms with E-state index in [0.29, 0.717) is 12.1 Å². The summed E-state index contributed by atoms with van der Waals surface area (Å²) in [6.07, 6.45) is 0.296. The van der Waals surface area contributed by atoms with Crippen LogP contribution >= 0.6 is 0 Å². The molecule has 0 aliphatic heterocycles. The van der Waals surface area contributed by atoms with Gasteiger partial charge in [-0.15, -0.1) is 0 Å². The van der Waals surface area contributed by atoms with Gasteiger partial charge in [0.25, 0.3) is 5.69 Å². The van der Waals surface area contributed by atoms with E-state index in [9.17, 15) is 19.7 Å². The maximum atomic E-state index is 12.1. The maximum Gasteiger partial charge on any atom is 0.343 e. The number of nitro groups is 1. The highest BCUT2D eigenvalue weighted by atomic mass is 16.6. The van der Waals surface area contributed by atoms with Gasteiger partial charge in [0, 0.05) is 18.6 Å². The van der Waals surface area contributed by atoms with Gasteiger partial charge in [-0.1, -0.05) is 19.1 Å². The highest BCUT2D eigenvalue weighted by Crippen LogP contribution is 2.25. The van der Waals surface area contributed by atoms with Crippen molar-refractivity contribution in [1.82, 2.24) is 0 Å². The first-order valence-electron chi connectivity index (χ1n) is 6.86. The second-order valence-corrected chi connectivity index (χ2v) is 4.59. The van der Waals surface area contributed by atoms with Gasteiger partial charge in [-0.3, -0.25) is 14.9 Å². The van der Waals surface area contributed by atoms with E-state index >= 15 is 0 Å². The van der Waals surface area contributed by atoms with E-state index in [0.717, 1.165) is 0 Å². The molecular formula is C16H14N2O5. The quantitative estimate of drug-likeness (QED) is 0.395. The predicted octanol–water partition coefficient (Wildman–Crippen LogP) is 3.16. The van der Waals surface area contributed by atoms with E-state index in [1.807, 2.05) is 0 Å². The lowest BCUT2D eigenvalue weighted by molar-refractivity contribution is -0.384. The van der Waals surface area contributed by atoms with Crippen LogP contribution in [0.2, 0.25) is 0 Å². The second-order valence-electron chi connectivity index (χ2n) is 4.59. The number of anilines is 1. The van der Waals surface area contributed by atoms with Crippen molar-refractivity contribution in [3.63, 3.8) is 0 Å². The molecule has 0 aliphatic rings. The Kier molecular flexibility index (Phi) is 5.03. The van der Waals surface area contributed by atoms with Gasteiger partial charge in [-0.05, 0) is 24.3 Å². The van der Waals surface area contributed by atoms with Gasteiger partial charge in [-0.25, -0.2) is 4.79 Å². The number of rotatable bonds is 5. The van der Waals surface area contributed by atoms with Crippen molar-refractivity contribution >= 4 is 23.3 Å². The molecule has 0 radical (unpaired) electrons. The van der Waals surface area contributed by atoms with Gasteiger partial charge in [-0.2, -0.15) is 0 Å². The molecule has 0 unspecified atom stereocenters. The van der Waals surface area contributed by atoms with E-state index in [2.05, 4.69) is 5.32 Å². The van der Waals surface area contributed by atoms with Gasteiger partial charge >= 0.3 is 5.97 Å². The minimum Gasteiger partial charge on any atom is -0.421 e. The standard InChI is InChI=1S/C16H14N2O5/c1-2-15(19)17-13-5-3-4-6-14(13)23-16(20)11-7-9-12(10-8-11)18(21)22/h3-10H,2H2,1H3,(H,17,19). The molecule has 2 aromatic rings. The number of amides is 1. The highest BCUT2D eigenvalue weighted by Gasteiger charge is 2.14. The first kappa shape index (κ1) is 16.2. The van der Waals surface area contributed by atoms with Crippen LogP contribution in [0.1, 0.15) is 23.7 Å². The number of carbonyl (C=O) groups excluding carboxylic acids is 2. The van der Waals surface area contributed by atoms with Crippen molar-refractivity contribution in [2.24, 2.45) is 0 Å². The second kappa shape index (κ2) is 7.17. The van der Waals surface area contributed by atoms with Gasteiger partial charge in [0.1, 0.15) is 0 Å². The average molecular weight is 314 g/mol. The number of nitro benzene ring substituents is 1. The molecule has 7 nitrogen and oxygen atoms in total. The third-order valence-electron chi connectivity index (χ3n) is 3.00. The van der Waals surface area contributed by atoms with E-state index < -0.39 is 10.9 Å². The lowest BCUT2D eigenvalue weighted by Gasteiger charge is -2.10. The van der Waals surface area contributed by atoms with Crippen molar-refractivity contribution in [3.05, 3.63) is 64.2 Å². The highest BCUT2D eigenvalue weighted by molar-refractivity contribution is 5.95. The molecule has 0 saturated carbocycles. The summed E-state index contributed by atoms with van der Waals surface area (Å²) >= 11 is 0. The molecule has 0 aromatic heterocycles. The van der Waals surface area contributed by atoms with Crippen LogP contribution in [0.4, 0.5) is 11.4 Å². The number of nitrogens with zero attached hydrogens (tertiary/aromatic N) is 1. The number of carbonyl (C=O) groups is 2. The van der Waals surface area contributed by atoms with E-state index in [4.69, 9.17) is 4.74 Å². The summed E-state index contributed by atoms with van der Waals surface area (Å²) in [5.41, 5.74) is 0.444. The molecule has 1 N–H and O–H groups in total. The minimum atomic E-state index is -0.668. The summed E-state index contributed by atoms with van der Waals surface area (Å²) in [7, 11) is 0. The van der Waals surface area contributed by atoms with E-state index in [-0.39, 0.29) is 22.9 Å². The fourth-order valence-corrected chi connectivity index (χ4v) is 1.78. The maximum absolute atomic E-state index is 12.1. The van der Waals surface area contributed by atoms with Gasteiger partial charge in [0.05, 0.1) is 16.2 Å². The summed E-state index contributed by atoms with van der Waals surface area (Å²) < 4.78 is 5.25. The van der Waals surface area contributed by atoms with Crippen molar-refractivity contribution in [2.75, 3.05) is 5.32 Å². The van der Waals surface area contributed by atoms with Crippen molar-refractivity contribution < 1.29 is 19.2 Å². The third kappa shape index (κ3) is 4.13. The molecule has 0 heterocycles. The van der Waals surface area contributed by atoms with Crippen molar-refractivity contribution in [2.45, 2.75) is 13.3 Å². The van der Waals surface area contributed by atoms with Crippen LogP contribution in [0.15, 0.2) is 48.5 Å². The van der Waals surface area contributed by atoms with Crippen LogP contribution < -0.4 is 10.1 Å². The lowest BCUT2D eigenvalue weighted by Crippen LogP contribution is -2.13. The number of ether oxygens (including phenoxy) is 1. The number of hydrogen-bond donors (Lipinski definition) is 1. The largest absolute Gasteiger partial charge is 0.421 e. The van der Waals surface area contributed by atoms with Crippen LogP contribution in [0.5, 0.6) is 5.75 Å². The molecule has 1 amide bonds. The number of hydrogen-bond acceptors (Lipinski definition) is 5. The average Bonchev–Trinajstić information content (AvgIpc) is 2.56. The first-order valence-corrected chi connectivity index (χ1v) is 6.86. The topological polar surface area (TPSA) is 98.5 Å². The number of para-hydroxylation sites is 2. The first-order chi connectivity index (χ1) is 11.0. The summed E-state index contributed by atoms with van der Waals surface area (Å²) in [5, 5.41) is 13.2. The Hall–Kier alpha value is -3.22. The molecule has 118 valence electrons. The molecule has 0 saturated heterocycles. The van der Waals surface area contributed by atoms with Crippen molar-refractivity contribution in [1.29, 1.82) is 0 Å². The molecule has 0 aliphatic carbocycles. The molecule has 23 heavy (non-hydrogen) atoms. The molecular weight excluding hydrogens is 300 g/mol. The summed E-state index contributed by atoms with van der Waals surface area (Å²) in [5.74, 6) is -0.667. The van der Waals surface area contributed by atoms with E-state index in [1.54, 1.807) is 31.2 Å². The zero-order chi connectivity index (χ0) is 16.8. The fraction of sp³-hybridized carbons (Fsp3) is 0.125. The Bertz CT molecular complexity index is 740. The van der Waals surface area contributed by atoms with E-state index in [1.165, 1.54) is 24.3 Å². The molecule has 0 fully saturated rings. The summed E-state index contributed by atoms with van der Waals surface area (Å²) in [4.78, 5) is 33.6. The molecule has 0 bridgehead atoms. The van der Waals surface area contributed by atoms with Crippen LogP contribution in [-0.4, -0.2) is 16.8 Å². The Morgan fingerprint density at radius 2 is 1.78 bits per heavy atom. The molecule has 7 heteroatoms. The number of non-ortho nitro benzene ring substituents is 1. The third-order valence-corrected chi connectivity index (χ3v) is 3.00. The van der Waals surface area contributed by atoms with Crippen LogP contribution in [0, 0.1) is 10.1 Å². The zero-order valence-corrected chi connectivity index (χ0v) is 12.3. The van der Waals surface area contributed by atoms with Gasteiger partial charge in [0.15, 0.2) is 5.75 Å².